The number of pyridine rings is 1. The Morgan fingerprint density at radius 2 is 2.04 bits per heavy atom. The number of aromatic nitrogens is 3. The summed E-state index contributed by atoms with van der Waals surface area (Å²) in [6, 6.07) is 2.21. The van der Waals surface area contributed by atoms with Crippen molar-refractivity contribution in [3.05, 3.63) is 41.0 Å². The molecule has 25 heavy (non-hydrogen) atoms. The molecule has 0 aromatic carbocycles. The Kier molecular flexibility index (Phi) is 4.29. The maximum absolute atomic E-state index is 12.6. The summed E-state index contributed by atoms with van der Waals surface area (Å²) in [6.07, 6.45) is 8.37. The Balaban J connectivity index is 1.48. The number of hydrogen-bond acceptors (Lipinski definition) is 4. The molecule has 0 spiro atoms. The number of rotatable bonds is 3. The number of piperazine rings is 1. The second-order valence-corrected chi connectivity index (χ2v) is 7.18. The fourth-order valence-electron chi connectivity index (χ4n) is 4.00. The van der Waals surface area contributed by atoms with Crippen molar-refractivity contribution in [3.63, 3.8) is 0 Å². The van der Waals surface area contributed by atoms with Gasteiger partial charge in [0, 0.05) is 44.3 Å². The highest BCUT2D eigenvalue weighted by Gasteiger charge is 2.27. The maximum atomic E-state index is 12.6. The third-order valence-electron chi connectivity index (χ3n) is 5.22. The van der Waals surface area contributed by atoms with Crippen LogP contribution in [0.15, 0.2) is 18.5 Å². The molecule has 0 atom stereocenters. The molecule has 0 unspecified atom stereocenters. The number of hydrogen-bond donors (Lipinski definition) is 0. The van der Waals surface area contributed by atoms with Gasteiger partial charge in [0.1, 0.15) is 0 Å². The summed E-state index contributed by atoms with van der Waals surface area (Å²) in [4.78, 5) is 21.4. The first-order valence-corrected chi connectivity index (χ1v) is 9.10. The van der Waals surface area contributed by atoms with Gasteiger partial charge in [0.05, 0.1) is 18.4 Å². The number of nitrogens with zero attached hydrogens (tertiary/aromatic N) is 5. The van der Waals surface area contributed by atoms with Gasteiger partial charge in [-0.05, 0) is 49.8 Å². The first kappa shape index (κ1) is 16.3. The van der Waals surface area contributed by atoms with Gasteiger partial charge >= 0.3 is 0 Å². The quantitative estimate of drug-likeness (QED) is 0.856. The standard InChI is InChI=1S/C19H25N5O/c1-14-9-15(17-5-3-4-6-18(17)21-14)11-23-7-8-24(19(25)13-23)16-10-20-22(2)12-16/h9-10,12H,3-8,11,13H2,1-2H3. The second kappa shape index (κ2) is 6.59. The highest BCUT2D eigenvalue weighted by molar-refractivity contribution is 5.95. The molecule has 2 aromatic heterocycles. The Hall–Kier alpha value is -2.21. The summed E-state index contributed by atoms with van der Waals surface area (Å²) in [5, 5.41) is 4.17. The van der Waals surface area contributed by atoms with Crippen LogP contribution in [0.25, 0.3) is 0 Å². The summed E-state index contributed by atoms with van der Waals surface area (Å²) < 4.78 is 1.74. The van der Waals surface area contributed by atoms with Crippen LogP contribution in [0.1, 0.15) is 35.4 Å². The van der Waals surface area contributed by atoms with Crippen molar-refractivity contribution in [1.29, 1.82) is 0 Å². The summed E-state index contributed by atoms with van der Waals surface area (Å²) in [5.74, 6) is 0.152. The van der Waals surface area contributed by atoms with Gasteiger partial charge in [-0.2, -0.15) is 5.10 Å². The van der Waals surface area contributed by atoms with Crippen molar-refractivity contribution in [3.8, 4) is 0 Å². The molecule has 2 aliphatic rings. The lowest BCUT2D eigenvalue weighted by Gasteiger charge is -2.34. The number of carbonyl (C=O) groups is 1. The van der Waals surface area contributed by atoms with Crippen LogP contribution >= 0.6 is 0 Å². The molecule has 0 bridgehead atoms. The topological polar surface area (TPSA) is 54.3 Å². The largest absolute Gasteiger partial charge is 0.307 e. The van der Waals surface area contributed by atoms with E-state index in [1.807, 2.05) is 18.1 Å². The third-order valence-corrected chi connectivity index (χ3v) is 5.22. The molecule has 1 amide bonds. The summed E-state index contributed by atoms with van der Waals surface area (Å²) in [5.41, 5.74) is 6.06. The first-order chi connectivity index (χ1) is 12.1. The number of aryl methyl sites for hydroxylation is 3. The zero-order chi connectivity index (χ0) is 17.4. The van der Waals surface area contributed by atoms with Gasteiger partial charge in [-0.1, -0.05) is 0 Å². The van der Waals surface area contributed by atoms with E-state index in [1.165, 1.54) is 29.7 Å². The predicted molar refractivity (Wildman–Crippen MR) is 96.5 cm³/mol. The van der Waals surface area contributed by atoms with Crippen molar-refractivity contribution >= 4 is 11.6 Å². The molecule has 1 aliphatic carbocycles. The molecule has 1 saturated heterocycles. The Morgan fingerprint density at radius 1 is 1.20 bits per heavy atom. The lowest BCUT2D eigenvalue weighted by molar-refractivity contribution is -0.121. The van der Waals surface area contributed by atoms with Crippen LogP contribution in [0.3, 0.4) is 0 Å². The first-order valence-electron chi connectivity index (χ1n) is 9.10. The molecular weight excluding hydrogens is 314 g/mol. The molecule has 4 rings (SSSR count). The van der Waals surface area contributed by atoms with Crippen LogP contribution in [-0.4, -0.2) is 45.2 Å². The molecule has 2 aromatic rings. The molecule has 6 heteroatoms. The van der Waals surface area contributed by atoms with Crippen molar-refractivity contribution in [1.82, 2.24) is 19.7 Å². The minimum atomic E-state index is 0.152. The summed E-state index contributed by atoms with van der Waals surface area (Å²) >= 11 is 0. The normalized spacial score (nSPS) is 18.5. The van der Waals surface area contributed by atoms with Gasteiger partial charge in [-0.15, -0.1) is 0 Å². The average molecular weight is 339 g/mol. The predicted octanol–water partition coefficient (Wildman–Crippen LogP) is 1.85. The van der Waals surface area contributed by atoms with Gasteiger partial charge in [0.2, 0.25) is 5.91 Å². The Morgan fingerprint density at radius 3 is 2.80 bits per heavy atom. The van der Waals surface area contributed by atoms with Gasteiger partial charge < -0.3 is 4.90 Å². The van der Waals surface area contributed by atoms with E-state index >= 15 is 0 Å². The molecule has 3 heterocycles. The molecule has 0 radical (unpaired) electrons. The van der Waals surface area contributed by atoms with Crippen molar-refractivity contribution in [2.75, 3.05) is 24.5 Å². The third kappa shape index (κ3) is 3.31. The molecule has 132 valence electrons. The van der Waals surface area contributed by atoms with E-state index < -0.39 is 0 Å². The van der Waals surface area contributed by atoms with Gasteiger partial charge in [-0.25, -0.2) is 0 Å². The van der Waals surface area contributed by atoms with Crippen LogP contribution in [0.2, 0.25) is 0 Å². The number of fused-ring (bicyclic) bond motifs is 1. The Bertz CT molecular complexity index is 797. The van der Waals surface area contributed by atoms with Crippen LogP contribution in [-0.2, 0) is 31.2 Å². The van der Waals surface area contributed by atoms with Crippen molar-refractivity contribution < 1.29 is 4.79 Å². The fraction of sp³-hybridized carbons (Fsp3) is 0.526. The van der Waals surface area contributed by atoms with E-state index in [9.17, 15) is 4.79 Å². The van der Waals surface area contributed by atoms with Crippen LogP contribution in [0, 0.1) is 6.92 Å². The van der Waals surface area contributed by atoms with Crippen molar-refractivity contribution in [2.45, 2.75) is 39.2 Å². The second-order valence-electron chi connectivity index (χ2n) is 7.18. The molecule has 0 N–H and O–H groups in total. The van der Waals surface area contributed by atoms with E-state index in [0.29, 0.717) is 6.54 Å². The van der Waals surface area contributed by atoms with E-state index in [2.05, 4.69) is 23.0 Å². The lowest BCUT2D eigenvalue weighted by atomic mass is 9.91. The van der Waals surface area contributed by atoms with Gasteiger partial charge in [0.25, 0.3) is 0 Å². The van der Waals surface area contributed by atoms with Gasteiger partial charge in [0.15, 0.2) is 0 Å². The van der Waals surface area contributed by atoms with Crippen LogP contribution < -0.4 is 4.90 Å². The minimum Gasteiger partial charge on any atom is -0.307 e. The molecular formula is C19H25N5O. The monoisotopic (exact) mass is 339 g/mol. The smallest absolute Gasteiger partial charge is 0.241 e. The van der Waals surface area contributed by atoms with E-state index in [0.717, 1.165) is 43.9 Å². The SMILES string of the molecule is Cc1cc(CN2CCN(c3cnn(C)c3)C(=O)C2)c2c(n1)CCCC2. The average Bonchev–Trinajstić information content (AvgIpc) is 3.01. The van der Waals surface area contributed by atoms with Gasteiger partial charge in [-0.3, -0.25) is 19.4 Å². The number of amides is 1. The highest BCUT2D eigenvalue weighted by atomic mass is 16.2. The highest BCUT2D eigenvalue weighted by Crippen LogP contribution is 2.26. The molecule has 0 saturated carbocycles. The van der Waals surface area contributed by atoms with E-state index in [1.54, 1.807) is 10.9 Å². The van der Waals surface area contributed by atoms with E-state index in [4.69, 9.17) is 4.98 Å². The van der Waals surface area contributed by atoms with E-state index in [-0.39, 0.29) is 5.91 Å². The lowest BCUT2D eigenvalue weighted by Crippen LogP contribution is -2.50. The molecule has 6 nitrogen and oxygen atoms in total. The fourth-order valence-corrected chi connectivity index (χ4v) is 4.00. The molecule has 1 fully saturated rings. The minimum absolute atomic E-state index is 0.152. The van der Waals surface area contributed by atoms with Crippen LogP contribution in [0.4, 0.5) is 5.69 Å². The number of anilines is 1. The Labute approximate surface area is 148 Å². The summed E-state index contributed by atoms with van der Waals surface area (Å²) in [7, 11) is 1.87. The zero-order valence-corrected chi connectivity index (χ0v) is 15.0. The van der Waals surface area contributed by atoms with Crippen molar-refractivity contribution in [2.24, 2.45) is 7.05 Å². The van der Waals surface area contributed by atoms with Crippen LogP contribution in [0.5, 0.6) is 0 Å². The zero-order valence-electron chi connectivity index (χ0n) is 15.0. The maximum Gasteiger partial charge on any atom is 0.241 e. The molecule has 1 aliphatic heterocycles. The summed E-state index contributed by atoms with van der Waals surface area (Å²) in [6.45, 7) is 4.99. The number of carbonyl (C=O) groups excluding carboxylic acids is 1.